The Morgan fingerprint density at radius 2 is 1.71 bits per heavy atom. The molecule has 0 aliphatic heterocycles. The van der Waals surface area contributed by atoms with Gasteiger partial charge in [-0.2, -0.15) is 5.26 Å². The van der Waals surface area contributed by atoms with Crippen LogP contribution in [-0.4, -0.2) is 0 Å². The van der Waals surface area contributed by atoms with Gasteiger partial charge in [-0.25, -0.2) is 8.78 Å². The van der Waals surface area contributed by atoms with Crippen molar-refractivity contribution in [3.63, 3.8) is 0 Å². The quantitative estimate of drug-likeness (QED) is 0.729. The summed E-state index contributed by atoms with van der Waals surface area (Å²) in [6.07, 6.45) is 3.53. The van der Waals surface area contributed by atoms with E-state index >= 15 is 0 Å². The van der Waals surface area contributed by atoms with Crippen LogP contribution in [0.4, 0.5) is 8.78 Å². The van der Waals surface area contributed by atoms with Crippen molar-refractivity contribution in [1.29, 1.82) is 5.26 Å². The summed E-state index contributed by atoms with van der Waals surface area (Å²) >= 11 is 0. The Morgan fingerprint density at radius 3 is 2.14 bits per heavy atom. The topological polar surface area (TPSA) is 23.8 Å². The van der Waals surface area contributed by atoms with Gasteiger partial charge in [0.05, 0.1) is 11.5 Å². The van der Waals surface area contributed by atoms with Crippen LogP contribution >= 0.6 is 0 Å². The molecule has 0 heterocycles. The van der Waals surface area contributed by atoms with Gasteiger partial charge in [-0.3, -0.25) is 0 Å². The van der Waals surface area contributed by atoms with Crippen LogP contribution in [0.3, 0.4) is 0 Å². The minimum Gasteiger partial charge on any atom is -0.207 e. The van der Waals surface area contributed by atoms with Crippen LogP contribution in [-0.2, 0) is 6.42 Å². The van der Waals surface area contributed by atoms with E-state index in [0.717, 1.165) is 25.7 Å². The Morgan fingerprint density at radius 1 is 1.19 bits per heavy atom. The van der Waals surface area contributed by atoms with E-state index in [0.29, 0.717) is 5.92 Å². The van der Waals surface area contributed by atoms with Crippen molar-refractivity contribution in [2.75, 3.05) is 0 Å². The van der Waals surface area contributed by atoms with Crippen LogP contribution in [0, 0.1) is 39.7 Å². The maximum Gasteiger partial charge on any atom is 0.129 e. The van der Waals surface area contributed by atoms with Gasteiger partial charge in [0.25, 0.3) is 0 Å². The molecule has 1 aliphatic carbocycles. The zero-order valence-corrected chi connectivity index (χ0v) is 13.0. The molecule has 0 amide bonds. The predicted molar refractivity (Wildman–Crippen MR) is 79.5 cm³/mol. The summed E-state index contributed by atoms with van der Waals surface area (Å²) in [7, 11) is 0. The van der Waals surface area contributed by atoms with Crippen molar-refractivity contribution < 1.29 is 8.78 Å². The lowest BCUT2D eigenvalue weighted by Gasteiger charge is -2.40. The molecular weight excluding hydrogens is 268 g/mol. The smallest absolute Gasteiger partial charge is 0.129 e. The highest BCUT2D eigenvalue weighted by Crippen LogP contribution is 2.46. The van der Waals surface area contributed by atoms with Gasteiger partial charge in [-0.1, -0.05) is 26.8 Å². The zero-order valence-electron chi connectivity index (χ0n) is 13.0. The summed E-state index contributed by atoms with van der Waals surface area (Å²) in [5.74, 6) is -0.505. The third kappa shape index (κ3) is 3.43. The van der Waals surface area contributed by atoms with Crippen molar-refractivity contribution >= 4 is 0 Å². The Hall–Kier alpha value is -1.43. The molecular formula is C18H23F2N. The molecule has 2 rings (SSSR count). The van der Waals surface area contributed by atoms with E-state index in [1.165, 1.54) is 18.2 Å². The molecule has 0 bridgehead atoms. The van der Waals surface area contributed by atoms with Crippen molar-refractivity contribution in [1.82, 2.24) is 0 Å². The molecule has 1 fully saturated rings. The average Bonchev–Trinajstić information content (AvgIpc) is 2.43. The molecule has 114 valence electrons. The number of hydrogen-bond acceptors (Lipinski definition) is 1. The van der Waals surface area contributed by atoms with Crippen molar-refractivity contribution in [3.8, 4) is 6.07 Å². The van der Waals surface area contributed by atoms with Gasteiger partial charge in [0.2, 0.25) is 0 Å². The van der Waals surface area contributed by atoms with Crippen LogP contribution < -0.4 is 0 Å². The summed E-state index contributed by atoms with van der Waals surface area (Å²) in [6, 6.07) is 6.26. The summed E-state index contributed by atoms with van der Waals surface area (Å²) in [6.45, 7) is 6.65. The summed E-state index contributed by atoms with van der Waals surface area (Å²) in [4.78, 5) is 0. The van der Waals surface area contributed by atoms with Gasteiger partial charge < -0.3 is 0 Å². The Balaban J connectivity index is 2.17. The lowest BCUT2D eigenvalue weighted by molar-refractivity contribution is 0.119. The molecule has 0 unspecified atom stereocenters. The first-order valence-corrected chi connectivity index (χ1v) is 7.61. The maximum atomic E-state index is 13.8. The second-order valence-electron chi connectivity index (χ2n) is 7.41. The number of nitriles is 1. The van der Waals surface area contributed by atoms with E-state index in [1.807, 2.05) is 0 Å². The first-order chi connectivity index (χ1) is 9.77. The van der Waals surface area contributed by atoms with Crippen LogP contribution in [0.15, 0.2) is 18.2 Å². The minimum absolute atomic E-state index is 0.0632. The van der Waals surface area contributed by atoms with Gasteiger partial charge in [0.15, 0.2) is 0 Å². The van der Waals surface area contributed by atoms with E-state index in [9.17, 15) is 14.0 Å². The monoisotopic (exact) mass is 291 g/mol. The molecule has 0 atom stereocenters. The molecule has 1 aromatic carbocycles. The van der Waals surface area contributed by atoms with Crippen LogP contribution in [0.5, 0.6) is 0 Å². The maximum absolute atomic E-state index is 13.8. The van der Waals surface area contributed by atoms with Gasteiger partial charge in [-0.15, -0.1) is 0 Å². The second kappa shape index (κ2) is 5.75. The number of nitrogens with zero attached hydrogens (tertiary/aromatic N) is 1. The molecule has 21 heavy (non-hydrogen) atoms. The van der Waals surface area contributed by atoms with Gasteiger partial charge >= 0.3 is 0 Å². The lowest BCUT2D eigenvalue weighted by Crippen LogP contribution is -2.33. The highest BCUT2D eigenvalue weighted by atomic mass is 19.1. The van der Waals surface area contributed by atoms with Crippen LogP contribution in [0.2, 0.25) is 0 Å². The van der Waals surface area contributed by atoms with E-state index in [1.54, 1.807) is 0 Å². The fraction of sp³-hybridized carbons (Fsp3) is 0.611. The number of hydrogen-bond donors (Lipinski definition) is 0. The second-order valence-corrected chi connectivity index (χ2v) is 7.41. The molecule has 1 aromatic rings. The fourth-order valence-corrected chi connectivity index (χ4v) is 3.40. The molecule has 0 saturated heterocycles. The Kier molecular flexibility index (Phi) is 4.37. The Bertz CT molecular complexity index is 523. The lowest BCUT2D eigenvalue weighted by atomic mass is 9.63. The molecule has 1 nitrogen and oxygen atoms in total. The molecule has 1 saturated carbocycles. The molecule has 0 spiro atoms. The van der Waals surface area contributed by atoms with E-state index in [2.05, 4.69) is 26.8 Å². The average molecular weight is 291 g/mol. The van der Waals surface area contributed by atoms with Gasteiger partial charge in [0.1, 0.15) is 11.6 Å². The summed E-state index contributed by atoms with van der Waals surface area (Å²) in [5.41, 5.74) is -0.330. The normalized spacial score (nSPS) is 26.4. The molecule has 0 N–H and O–H groups in total. The first-order valence-electron chi connectivity index (χ1n) is 7.61. The number of benzene rings is 1. The SMILES string of the molecule is CC(C)(C)C1CCC(C#N)(Cc2c(F)cccc2F)CC1. The highest BCUT2D eigenvalue weighted by molar-refractivity contribution is 5.23. The van der Waals surface area contributed by atoms with Crippen molar-refractivity contribution in [2.24, 2.45) is 16.7 Å². The third-order valence-electron chi connectivity index (χ3n) is 4.98. The third-order valence-corrected chi connectivity index (χ3v) is 4.98. The van der Waals surface area contributed by atoms with E-state index < -0.39 is 17.0 Å². The first kappa shape index (κ1) is 15.9. The van der Waals surface area contributed by atoms with Crippen LogP contribution in [0.25, 0.3) is 0 Å². The number of rotatable bonds is 2. The largest absolute Gasteiger partial charge is 0.207 e. The van der Waals surface area contributed by atoms with E-state index in [4.69, 9.17) is 0 Å². The number of halogens is 2. The Labute approximate surface area is 126 Å². The standard InChI is InChI=1S/C18H23F2N/c1-17(2,3)13-7-9-18(12-21,10-8-13)11-14-15(19)5-4-6-16(14)20/h4-6,13H,7-11H2,1-3H3. The molecule has 0 radical (unpaired) electrons. The zero-order chi connectivity index (χ0) is 15.7. The summed E-state index contributed by atoms with van der Waals surface area (Å²) in [5, 5.41) is 9.58. The van der Waals surface area contributed by atoms with Crippen LogP contribution in [0.1, 0.15) is 52.0 Å². The van der Waals surface area contributed by atoms with Crippen molar-refractivity contribution in [3.05, 3.63) is 35.4 Å². The minimum atomic E-state index is -0.620. The molecule has 3 heteroatoms. The van der Waals surface area contributed by atoms with E-state index in [-0.39, 0.29) is 17.4 Å². The summed E-state index contributed by atoms with van der Waals surface area (Å²) < 4.78 is 27.7. The molecule has 1 aliphatic rings. The van der Waals surface area contributed by atoms with Gasteiger partial charge in [0, 0.05) is 5.56 Å². The van der Waals surface area contributed by atoms with Crippen molar-refractivity contribution in [2.45, 2.75) is 52.9 Å². The molecule has 0 aromatic heterocycles. The van der Waals surface area contributed by atoms with Gasteiger partial charge in [-0.05, 0) is 55.6 Å². The fourth-order valence-electron chi connectivity index (χ4n) is 3.40. The predicted octanol–water partition coefficient (Wildman–Crippen LogP) is 5.25. The highest BCUT2D eigenvalue weighted by Gasteiger charge is 2.40.